The highest BCUT2D eigenvalue weighted by Gasteiger charge is 2.53. The molecule has 198 valence electrons. The molecule has 2 N–H and O–H groups in total. The summed E-state index contributed by atoms with van der Waals surface area (Å²) < 4.78 is 5.94. The second-order valence-electron chi connectivity index (χ2n) is 12.2. The van der Waals surface area contributed by atoms with Crippen LogP contribution in [0.1, 0.15) is 65.9 Å². The first-order valence-electron chi connectivity index (χ1n) is 14.2. The molecule has 4 aliphatic carbocycles. The molecule has 4 bridgehead atoms. The summed E-state index contributed by atoms with van der Waals surface area (Å²) in [5, 5.41) is 14.8. The van der Waals surface area contributed by atoms with Crippen molar-refractivity contribution in [3.8, 4) is 11.3 Å². The Hall–Kier alpha value is -3.19. The lowest BCUT2D eigenvalue weighted by Crippen LogP contribution is -2.53. The lowest BCUT2D eigenvalue weighted by atomic mass is 9.48. The number of carbonyl (C=O) groups is 1. The number of fused-ring (bicyclic) bond motifs is 1. The topological polar surface area (TPSA) is 91.5 Å². The van der Waals surface area contributed by atoms with E-state index in [1.54, 1.807) is 6.33 Å². The van der Waals surface area contributed by atoms with Crippen molar-refractivity contribution in [2.75, 3.05) is 18.4 Å². The van der Waals surface area contributed by atoms with Crippen LogP contribution in [-0.2, 0) is 13.0 Å². The molecular formula is C31H36N4O3. The number of aliphatic hydroxyl groups excluding tert-OH is 1. The minimum absolute atomic E-state index is 0.0376. The van der Waals surface area contributed by atoms with Gasteiger partial charge in [0.15, 0.2) is 0 Å². The summed E-state index contributed by atoms with van der Waals surface area (Å²) >= 11 is 0. The predicted octanol–water partition coefficient (Wildman–Crippen LogP) is 5.23. The molecule has 1 atom stereocenters. The van der Waals surface area contributed by atoms with Gasteiger partial charge < -0.3 is 19.7 Å². The minimum atomic E-state index is -0.356. The lowest BCUT2D eigenvalue weighted by Gasteiger charge is -2.58. The van der Waals surface area contributed by atoms with Gasteiger partial charge in [0.05, 0.1) is 23.9 Å². The van der Waals surface area contributed by atoms with Gasteiger partial charge in [0.25, 0.3) is 5.91 Å². The highest BCUT2D eigenvalue weighted by Crippen LogP contribution is 2.61. The van der Waals surface area contributed by atoms with Crippen LogP contribution in [0.3, 0.4) is 0 Å². The van der Waals surface area contributed by atoms with Crippen molar-refractivity contribution in [1.82, 2.24) is 14.9 Å². The van der Waals surface area contributed by atoms with E-state index in [9.17, 15) is 9.90 Å². The number of furan rings is 1. The van der Waals surface area contributed by atoms with Crippen LogP contribution in [0.4, 0.5) is 5.82 Å². The minimum Gasteiger partial charge on any atom is -0.461 e. The largest absolute Gasteiger partial charge is 0.461 e. The van der Waals surface area contributed by atoms with Gasteiger partial charge in [0, 0.05) is 24.2 Å². The monoisotopic (exact) mass is 512 g/mol. The van der Waals surface area contributed by atoms with Crippen LogP contribution in [0.5, 0.6) is 0 Å². The summed E-state index contributed by atoms with van der Waals surface area (Å²) in [4.78, 5) is 24.4. The molecule has 5 aliphatic rings. The van der Waals surface area contributed by atoms with Gasteiger partial charge in [-0.1, -0.05) is 30.3 Å². The molecular weight excluding hydrogens is 476 g/mol. The normalized spacial score (nSPS) is 28.3. The summed E-state index contributed by atoms with van der Waals surface area (Å²) in [5.74, 6) is 4.54. The van der Waals surface area contributed by atoms with Crippen molar-refractivity contribution in [3.63, 3.8) is 0 Å². The summed E-state index contributed by atoms with van der Waals surface area (Å²) in [7, 11) is 0. The third kappa shape index (κ3) is 4.12. The van der Waals surface area contributed by atoms with E-state index in [-0.39, 0.29) is 17.4 Å². The van der Waals surface area contributed by atoms with Crippen LogP contribution in [-0.4, -0.2) is 45.1 Å². The van der Waals surface area contributed by atoms with E-state index in [0.717, 1.165) is 40.4 Å². The fourth-order valence-electron chi connectivity index (χ4n) is 8.29. The van der Waals surface area contributed by atoms with Gasteiger partial charge in [-0.15, -0.1) is 0 Å². The van der Waals surface area contributed by atoms with Gasteiger partial charge in [-0.3, -0.25) is 4.79 Å². The average Bonchev–Trinajstić information content (AvgIpc) is 3.32. The zero-order chi connectivity index (χ0) is 25.9. The zero-order valence-corrected chi connectivity index (χ0v) is 22.0. The number of amides is 1. The SMILES string of the molecule is Cc1oc(-c2ccccc2)cc1C(=O)N1CCc2c(ncnc2NCC(O)C23CC4CC(CC(C4)C2)C3)C1. The number of benzene rings is 1. The fraction of sp³-hybridized carbons (Fsp3) is 0.516. The molecule has 1 amide bonds. The molecule has 4 saturated carbocycles. The quantitative estimate of drug-likeness (QED) is 0.470. The number of carbonyl (C=O) groups excluding carboxylic acids is 1. The molecule has 3 heterocycles. The number of aryl methyl sites for hydroxylation is 1. The van der Waals surface area contributed by atoms with Crippen molar-refractivity contribution >= 4 is 11.7 Å². The predicted molar refractivity (Wildman–Crippen MR) is 144 cm³/mol. The van der Waals surface area contributed by atoms with Gasteiger partial charge in [-0.05, 0) is 81.1 Å². The molecule has 0 radical (unpaired) electrons. The summed E-state index contributed by atoms with van der Waals surface area (Å²) in [6.45, 7) is 3.40. The van der Waals surface area contributed by atoms with Crippen LogP contribution in [0.15, 0.2) is 47.1 Å². The van der Waals surface area contributed by atoms with Gasteiger partial charge in [-0.2, -0.15) is 0 Å². The average molecular weight is 513 g/mol. The first-order valence-corrected chi connectivity index (χ1v) is 14.2. The number of nitrogens with zero attached hydrogens (tertiary/aromatic N) is 3. The maximum Gasteiger partial charge on any atom is 0.257 e. The fourth-order valence-corrected chi connectivity index (χ4v) is 8.29. The van der Waals surface area contributed by atoms with Crippen molar-refractivity contribution in [2.24, 2.45) is 23.2 Å². The first kappa shape index (κ1) is 23.9. The third-order valence-electron chi connectivity index (χ3n) is 9.76. The van der Waals surface area contributed by atoms with E-state index in [0.29, 0.717) is 43.1 Å². The molecule has 7 nitrogen and oxygen atoms in total. The van der Waals surface area contributed by atoms with Gasteiger partial charge >= 0.3 is 0 Å². The molecule has 1 unspecified atom stereocenters. The molecule has 38 heavy (non-hydrogen) atoms. The number of aromatic nitrogens is 2. The van der Waals surface area contributed by atoms with Crippen molar-refractivity contribution in [2.45, 2.75) is 64.5 Å². The Balaban J connectivity index is 1.04. The van der Waals surface area contributed by atoms with Crippen molar-refractivity contribution in [1.29, 1.82) is 0 Å². The molecule has 2 aromatic heterocycles. The summed E-state index contributed by atoms with van der Waals surface area (Å²) in [6, 6.07) is 11.7. The first-order chi connectivity index (χ1) is 18.5. The molecule has 4 fully saturated rings. The van der Waals surface area contributed by atoms with E-state index in [4.69, 9.17) is 4.42 Å². The Morgan fingerprint density at radius 1 is 1.13 bits per heavy atom. The maximum absolute atomic E-state index is 13.5. The van der Waals surface area contributed by atoms with Crippen LogP contribution in [0.2, 0.25) is 0 Å². The second kappa shape index (κ2) is 9.23. The van der Waals surface area contributed by atoms with Crippen LogP contribution in [0, 0.1) is 30.1 Å². The lowest BCUT2D eigenvalue weighted by molar-refractivity contribution is -0.115. The summed E-state index contributed by atoms with van der Waals surface area (Å²) in [6.07, 6.45) is 9.56. The van der Waals surface area contributed by atoms with Gasteiger partial charge in [-0.25, -0.2) is 9.97 Å². The van der Waals surface area contributed by atoms with E-state index in [1.165, 1.54) is 38.5 Å². The standard InChI is InChI=1S/C31H36N4O3/c1-19-25(12-27(38-19)23-5-3-2-4-6-23)30(37)35-8-7-24-26(17-35)33-18-34-29(24)32-16-28(36)31-13-20-9-21(14-31)11-22(10-20)15-31/h2-6,12,18,20-22,28,36H,7-11,13-17H2,1H3,(H,32,33,34). The number of hydrogen-bond acceptors (Lipinski definition) is 6. The number of anilines is 1. The Morgan fingerprint density at radius 2 is 1.84 bits per heavy atom. The summed E-state index contributed by atoms with van der Waals surface area (Å²) in [5.41, 5.74) is 3.56. The van der Waals surface area contributed by atoms with E-state index in [1.807, 2.05) is 48.2 Å². The number of rotatable bonds is 6. The Kier molecular flexibility index (Phi) is 5.80. The molecule has 1 aromatic carbocycles. The number of aliphatic hydroxyl groups is 1. The molecule has 0 saturated heterocycles. The second-order valence-corrected chi connectivity index (χ2v) is 12.2. The maximum atomic E-state index is 13.5. The van der Waals surface area contributed by atoms with Crippen molar-refractivity contribution in [3.05, 3.63) is 65.3 Å². The van der Waals surface area contributed by atoms with Crippen LogP contribution in [0.25, 0.3) is 11.3 Å². The van der Waals surface area contributed by atoms with Crippen LogP contribution < -0.4 is 5.32 Å². The smallest absolute Gasteiger partial charge is 0.257 e. The van der Waals surface area contributed by atoms with Gasteiger partial charge in [0.2, 0.25) is 0 Å². The Bertz CT molecular complexity index is 1320. The number of nitrogens with one attached hydrogen (secondary N) is 1. The molecule has 0 spiro atoms. The van der Waals surface area contributed by atoms with Crippen molar-refractivity contribution < 1.29 is 14.3 Å². The third-order valence-corrected chi connectivity index (χ3v) is 9.76. The Labute approximate surface area is 223 Å². The molecule has 1 aliphatic heterocycles. The highest BCUT2D eigenvalue weighted by molar-refractivity contribution is 5.96. The van der Waals surface area contributed by atoms with E-state index >= 15 is 0 Å². The van der Waals surface area contributed by atoms with Crippen LogP contribution >= 0.6 is 0 Å². The zero-order valence-electron chi connectivity index (χ0n) is 22.0. The highest BCUT2D eigenvalue weighted by atomic mass is 16.3. The van der Waals surface area contributed by atoms with E-state index < -0.39 is 0 Å². The molecule has 3 aromatic rings. The Morgan fingerprint density at radius 3 is 2.55 bits per heavy atom. The van der Waals surface area contributed by atoms with E-state index in [2.05, 4.69) is 15.3 Å². The molecule has 7 heteroatoms. The van der Waals surface area contributed by atoms with Gasteiger partial charge in [0.1, 0.15) is 23.7 Å². The number of hydrogen-bond donors (Lipinski definition) is 2. The molecule has 8 rings (SSSR count).